The van der Waals surface area contributed by atoms with Crippen LogP contribution in [0.3, 0.4) is 0 Å². The highest BCUT2D eigenvalue weighted by Gasteiger charge is 2.16. The number of nitrogens with one attached hydrogen (secondary N) is 1. The fraction of sp³-hybridized carbons (Fsp3) is 0.368. The molecule has 2 aromatic carbocycles. The average molecular weight is 280 g/mol. The highest BCUT2D eigenvalue weighted by Crippen LogP contribution is 2.21. The van der Waals surface area contributed by atoms with E-state index < -0.39 is 0 Å². The molecule has 2 aromatic rings. The van der Waals surface area contributed by atoms with Crippen LogP contribution in [0.25, 0.3) is 0 Å². The first kappa shape index (κ1) is 14.3. The molecular weight excluding hydrogens is 256 g/mol. The molecule has 0 fully saturated rings. The Morgan fingerprint density at radius 1 is 0.952 bits per heavy atom. The van der Waals surface area contributed by atoms with Gasteiger partial charge in [-0.05, 0) is 35.2 Å². The van der Waals surface area contributed by atoms with Gasteiger partial charge in [0, 0.05) is 26.2 Å². The van der Waals surface area contributed by atoms with Crippen LogP contribution in [0.2, 0.25) is 0 Å². The van der Waals surface area contributed by atoms with Crippen molar-refractivity contribution >= 4 is 0 Å². The van der Waals surface area contributed by atoms with E-state index in [0.717, 1.165) is 32.7 Å². The summed E-state index contributed by atoms with van der Waals surface area (Å²) in [5.41, 5.74) is 5.90. The van der Waals surface area contributed by atoms with Gasteiger partial charge in [-0.25, -0.2) is 0 Å². The summed E-state index contributed by atoms with van der Waals surface area (Å²) in [6.45, 7) is 7.43. The molecule has 0 unspecified atom stereocenters. The molecule has 2 heteroatoms. The summed E-state index contributed by atoms with van der Waals surface area (Å²) in [4.78, 5) is 2.56. The number of nitrogens with zero attached hydrogens (tertiary/aromatic N) is 1. The maximum Gasteiger partial charge on any atom is 0.0240 e. The van der Waals surface area contributed by atoms with Gasteiger partial charge in [0.2, 0.25) is 0 Å². The van der Waals surface area contributed by atoms with E-state index in [-0.39, 0.29) is 0 Å². The van der Waals surface area contributed by atoms with Gasteiger partial charge in [0.05, 0.1) is 0 Å². The van der Waals surface area contributed by atoms with Crippen molar-refractivity contribution in [3.63, 3.8) is 0 Å². The van der Waals surface area contributed by atoms with Crippen molar-refractivity contribution in [2.45, 2.75) is 33.0 Å². The van der Waals surface area contributed by atoms with E-state index in [1.165, 1.54) is 28.7 Å². The van der Waals surface area contributed by atoms with Gasteiger partial charge in [-0.15, -0.1) is 0 Å². The number of hydrogen-bond donors (Lipinski definition) is 1. The highest BCUT2D eigenvalue weighted by molar-refractivity contribution is 5.30. The SMILES string of the molecule is CCNCc1ccccc1CN1CCc2ccccc2C1. The fourth-order valence-electron chi connectivity index (χ4n) is 3.07. The van der Waals surface area contributed by atoms with Crippen LogP contribution in [0.15, 0.2) is 48.5 Å². The Bertz CT molecular complexity index is 592. The van der Waals surface area contributed by atoms with E-state index in [1.54, 1.807) is 0 Å². The smallest absolute Gasteiger partial charge is 0.0240 e. The summed E-state index contributed by atoms with van der Waals surface area (Å²) in [5.74, 6) is 0. The lowest BCUT2D eigenvalue weighted by atomic mass is 9.99. The van der Waals surface area contributed by atoms with Gasteiger partial charge in [0.25, 0.3) is 0 Å². The molecule has 1 aliphatic heterocycles. The minimum atomic E-state index is 0.969. The molecular formula is C19H24N2. The molecule has 1 N–H and O–H groups in total. The molecule has 1 heterocycles. The van der Waals surface area contributed by atoms with Crippen LogP contribution < -0.4 is 5.32 Å². The molecule has 0 aromatic heterocycles. The summed E-state index contributed by atoms with van der Waals surface area (Å²) < 4.78 is 0. The van der Waals surface area contributed by atoms with Crippen LogP contribution in [0, 0.1) is 0 Å². The van der Waals surface area contributed by atoms with Crippen LogP contribution in [0.1, 0.15) is 29.2 Å². The molecule has 21 heavy (non-hydrogen) atoms. The van der Waals surface area contributed by atoms with E-state index in [1.807, 2.05) is 0 Å². The van der Waals surface area contributed by atoms with Crippen molar-refractivity contribution in [2.24, 2.45) is 0 Å². The van der Waals surface area contributed by atoms with E-state index in [0.29, 0.717) is 0 Å². The summed E-state index contributed by atoms with van der Waals surface area (Å²) in [5, 5.41) is 3.44. The second-order valence-corrected chi connectivity index (χ2v) is 5.78. The van der Waals surface area contributed by atoms with Gasteiger partial charge in [-0.3, -0.25) is 4.90 Å². The zero-order chi connectivity index (χ0) is 14.5. The molecule has 0 radical (unpaired) electrons. The zero-order valence-corrected chi connectivity index (χ0v) is 12.8. The van der Waals surface area contributed by atoms with Crippen LogP contribution >= 0.6 is 0 Å². The monoisotopic (exact) mass is 280 g/mol. The quantitative estimate of drug-likeness (QED) is 0.903. The first-order valence-corrected chi connectivity index (χ1v) is 7.93. The highest BCUT2D eigenvalue weighted by atomic mass is 15.1. The summed E-state index contributed by atoms with van der Waals surface area (Å²) in [6.07, 6.45) is 1.17. The van der Waals surface area contributed by atoms with Crippen molar-refractivity contribution in [3.8, 4) is 0 Å². The number of benzene rings is 2. The average Bonchev–Trinajstić information content (AvgIpc) is 2.54. The van der Waals surface area contributed by atoms with Crippen molar-refractivity contribution < 1.29 is 0 Å². The maximum atomic E-state index is 3.44. The Morgan fingerprint density at radius 3 is 2.48 bits per heavy atom. The maximum absolute atomic E-state index is 3.44. The Morgan fingerprint density at radius 2 is 1.67 bits per heavy atom. The summed E-state index contributed by atoms with van der Waals surface area (Å²) in [7, 11) is 0. The lowest BCUT2D eigenvalue weighted by molar-refractivity contribution is 0.245. The second kappa shape index (κ2) is 6.88. The Hall–Kier alpha value is -1.64. The van der Waals surface area contributed by atoms with Gasteiger partial charge in [0.1, 0.15) is 0 Å². The molecule has 1 aliphatic rings. The zero-order valence-electron chi connectivity index (χ0n) is 12.8. The first-order chi connectivity index (χ1) is 10.4. The fourth-order valence-corrected chi connectivity index (χ4v) is 3.07. The van der Waals surface area contributed by atoms with Gasteiger partial charge < -0.3 is 5.32 Å². The number of fused-ring (bicyclic) bond motifs is 1. The Balaban J connectivity index is 1.70. The number of hydrogen-bond acceptors (Lipinski definition) is 2. The lowest BCUT2D eigenvalue weighted by Crippen LogP contribution is -2.30. The van der Waals surface area contributed by atoms with E-state index in [2.05, 4.69) is 65.7 Å². The van der Waals surface area contributed by atoms with Gasteiger partial charge in [-0.1, -0.05) is 55.5 Å². The van der Waals surface area contributed by atoms with Gasteiger partial charge in [-0.2, -0.15) is 0 Å². The largest absolute Gasteiger partial charge is 0.313 e. The first-order valence-electron chi connectivity index (χ1n) is 7.93. The predicted molar refractivity (Wildman–Crippen MR) is 88.1 cm³/mol. The minimum absolute atomic E-state index is 0.969. The normalized spacial score (nSPS) is 14.9. The van der Waals surface area contributed by atoms with Gasteiger partial charge in [0.15, 0.2) is 0 Å². The third-order valence-electron chi connectivity index (χ3n) is 4.29. The molecule has 0 spiro atoms. The predicted octanol–water partition coefficient (Wildman–Crippen LogP) is 3.35. The van der Waals surface area contributed by atoms with Gasteiger partial charge >= 0.3 is 0 Å². The van der Waals surface area contributed by atoms with Crippen LogP contribution in [0.4, 0.5) is 0 Å². The molecule has 2 nitrogen and oxygen atoms in total. The Kier molecular flexibility index (Phi) is 4.69. The lowest BCUT2D eigenvalue weighted by Gasteiger charge is -2.29. The minimum Gasteiger partial charge on any atom is -0.313 e. The van der Waals surface area contributed by atoms with Crippen molar-refractivity contribution in [1.29, 1.82) is 0 Å². The molecule has 0 bridgehead atoms. The third-order valence-corrected chi connectivity index (χ3v) is 4.29. The van der Waals surface area contributed by atoms with Crippen molar-refractivity contribution in [1.82, 2.24) is 10.2 Å². The van der Waals surface area contributed by atoms with E-state index in [4.69, 9.17) is 0 Å². The summed E-state index contributed by atoms with van der Waals surface area (Å²) in [6, 6.07) is 17.7. The number of rotatable bonds is 5. The molecule has 0 saturated carbocycles. The molecule has 0 saturated heterocycles. The topological polar surface area (TPSA) is 15.3 Å². The summed E-state index contributed by atoms with van der Waals surface area (Å²) >= 11 is 0. The van der Waals surface area contributed by atoms with Crippen LogP contribution in [-0.4, -0.2) is 18.0 Å². The molecule has 0 atom stereocenters. The molecule has 0 aliphatic carbocycles. The second-order valence-electron chi connectivity index (χ2n) is 5.78. The van der Waals surface area contributed by atoms with Crippen molar-refractivity contribution in [3.05, 3.63) is 70.8 Å². The Labute approximate surface area is 127 Å². The van der Waals surface area contributed by atoms with E-state index in [9.17, 15) is 0 Å². The molecule has 0 amide bonds. The standard InChI is InChI=1S/C19H24N2/c1-2-20-13-17-8-4-6-10-19(17)15-21-12-11-16-7-3-5-9-18(16)14-21/h3-10,20H,2,11-15H2,1H3. The van der Waals surface area contributed by atoms with Crippen molar-refractivity contribution in [2.75, 3.05) is 13.1 Å². The van der Waals surface area contributed by atoms with Crippen LogP contribution in [-0.2, 0) is 26.1 Å². The van der Waals surface area contributed by atoms with E-state index >= 15 is 0 Å². The third kappa shape index (κ3) is 3.52. The van der Waals surface area contributed by atoms with Crippen LogP contribution in [0.5, 0.6) is 0 Å². The molecule has 3 rings (SSSR count). The molecule has 110 valence electrons.